The van der Waals surface area contributed by atoms with Crippen LogP contribution in [0.5, 0.6) is 0 Å². The van der Waals surface area contributed by atoms with Gasteiger partial charge >= 0.3 is 5.97 Å². The summed E-state index contributed by atoms with van der Waals surface area (Å²) in [7, 11) is 1.15. The average molecular weight is 228 g/mol. The molecule has 0 bridgehead atoms. The zero-order chi connectivity index (χ0) is 12.3. The number of carbonyl (C=O) groups excluding carboxylic acids is 1. The van der Waals surface area contributed by atoms with Crippen LogP contribution in [0.25, 0.3) is 0 Å². The van der Waals surface area contributed by atoms with Crippen molar-refractivity contribution < 1.29 is 19.7 Å². The summed E-state index contributed by atoms with van der Waals surface area (Å²) in [5, 5.41) is 23.1. The topological polar surface area (TPSA) is 84.6 Å². The van der Waals surface area contributed by atoms with Crippen molar-refractivity contribution in [3.05, 3.63) is 18.0 Å². The first-order valence-corrected chi connectivity index (χ1v) is 4.95. The Labute approximate surface area is 93.5 Å². The van der Waals surface area contributed by atoms with Gasteiger partial charge in [0.15, 0.2) is 6.10 Å². The lowest BCUT2D eigenvalue weighted by Gasteiger charge is -2.13. The molecule has 0 fully saturated rings. The number of esters is 1. The summed E-state index contributed by atoms with van der Waals surface area (Å²) in [5.41, 5.74) is 0.381. The molecule has 0 saturated carbocycles. The van der Waals surface area contributed by atoms with Crippen LogP contribution in [-0.4, -0.2) is 39.2 Å². The smallest absolute Gasteiger partial charge is 0.337 e. The molecule has 0 spiro atoms. The minimum absolute atomic E-state index is 0.149. The fourth-order valence-corrected chi connectivity index (χ4v) is 1.22. The number of carbonyl (C=O) groups is 1. The Morgan fingerprint density at radius 3 is 2.56 bits per heavy atom. The zero-order valence-corrected chi connectivity index (χ0v) is 9.49. The van der Waals surface area contributed by atoms with Crippen LogP contribution in [0.4, 0.5) is 0 Å². The van der Waals surface area contributed by atoms with Crippen molar-refractivity contribution in [2.45, 2.75) is 32.1 Å². The molecule has 1 aromatic rings. The van der Waals surface area contributed by atoms with E-state index in [-0.39, 0.29) is 6.04 Å². The van der Waals surface area contributed by atoms with Crippen LogP contribution in [0.15, 0.2) is 12.4 Å². The van der Waals surface area contributed by atoms with Crippen molar-refractivity contribution in [3.63, 3.8) is 0 Å². The second kappa shape index (κ2) is 5.09. The fourth-order valence-electron chi connectivity index (χ4n) is 1.22. The molecule has 0 aliphatic rings. The lowest BCUT2D eigenvalue weighted by atomic mass is 10.1. The Balaban J connectivity index is 2.79. The number of methoxy groups -OCH3 is 1. The maximum absolute atomic E-state index is 11.0. The largest absolute Gasteiger partial charge is 0.467 e. The van der Waals surface area contributed by atoms with Gasteiger partial charge in [-0.15, -0.1) is 0 Å². The molecule has 6 heteroatoms. The number of nitrogens with zero attached hydrogens (tertiary/aromatic N) is 2. The SMILES string of the molecule is COC(=O)C(O)C(O)c1cnn(C(C)C)c1. The molecule has 1 rings (SSSR count). The fraction of sp³-hybridized carbons (Fsp3) is 0.600. The van der Waals surface area contributed by atoms with Crippen molar-refractivity contribution in [3.8, 4) is 0 Å². The number of aliphatic hydroxyl groups is 2. The highest BCUT2D eigenvalue weighted by Crippen LogP contribution is 2.18. The molecule has 6 nitrogen and oxygen atoms in total. The first kappa shape index (κ1) is 12.7. The van der Waals surface area contributed by atoms with Gasteiger partial charge in [-0.1, -0.05) is 0 Å². The van der Waals surface area contributed by atoms with E-state index in [4.69, 9.17) is 0 Å². The highest BCUT2D eigenvalue weighted by molar-refractivity contribution is 5.75. The van der Waals surface area contributed by atoms with E-state index in [1.165, 1.54) is 6.20 Å². The Morgan fingerprint density at radius 1 is 1.50 bits per heavy atom. The van der Waals surface area contributed by atoms with Gasteiger partial charge in [0.25, 0.3) is 0 Å². The molecule has 1 aromatic heterocycles. The van der Waals surface area contributed by atoms with Crippen LogP contribution >= 0.6 is 0 Å². The summed E-state index contributed by atoms with van der Waals surface area (Å²) in [6, 6.07) is 0.149. The summed E-state index contributed by atoms with van der Waals surface area (Å²) >= 11 is 0. The van der Waals surface area contributed by atoms with Crippen LogP contribution < -0.4 is 0 Å². The maximum atomic E-state index is 11.0. The van der Waals surface area contributed by atoms with Gasteiger partial charge in [-0.05, 0) is 13.8 Å². The molecule has 0 aliphatic heterocycles. The van der Waals surface area contributed by atoms with E-state index >= 15 is 0 Å². The third-order valence-electron chi connectivity index (χ3n) is 2.23. The van der Waals surface area contributed by atoms with E-state index in [2.05, 4.69) is 9.84 Å². The van der Waals surface area contributed by atoms with Gasteiger partial charge in [-0.2, -0.15) is 5.10 Å². The average Bonchev–Trinajstić information content (AvgIpc) is 2.75. The van der Waals surface area contributed by atoms with Gasteiger partial charge in [0.05, 0.1) is 13.3 Å². The monoisotopic (exact) mass is 228 g/mol. The molecule has 2 N–H and O–H groups in total. The summed E-state index contributed by atoms with van der Waals surface area (Å²) < 4.78 is 5.96. The van der Waals surface area contributed by atoms with Gasteiger partial charge in [0, 0.05) is 17.8 Å². The predicted octanol–water partition coefficient (Wildman–Crippen LogP) is 0.0313. The third kappa shape index (κ3) is 2.59. The van der Waals surface area contributed by atoms with Gasteiger partial charge in [-0.25, -0.2) is 4.79 Å². The summed E-state index contributed by atoms with van der Waals surface area (Å²) in [6.07, 6.45) is 0.0907. The summed E-state index contributed by atoms with van der Waals surface area (Å²) in [5.74, 6) is -0.871. The lowest BCUT2D eigenvalue weighted by molar-refractivity contribution is -0.156. The highest BCUT2D eigenvalue weighted by Gasteiger charge is 2.27. The molecular formula is C10H16N2O4. The zero-order valence-electron chi connectivity index (χ0n) is 9.49. The molecule has 0 radical (unpaired) electrons. The minimum Gasteiger partial charge on any atom is -0.467 e. The predicted molar refractivity (Wildman–Crippen MR) is 55.6 cm³/mol. The standard InChI is InChI=1S/C10H16N2O4/c1-6(2)12-5-7(4-11-12)8(13)9(14)10(15)16-3/h4-6,8-9,13-14H,1-3H3. The number of ether oxygens (including phenoxy) is 1. The van der Waals surface area contributed by atoms with E-state index in [1.54, 1.807) is 10.9 Å². The van der Waals surface area contributed by atoms with E-state index in [9.17, 15) is 15.0 Å². The van der Waals surface area contributed by atoms with Crippen LogP contribution in [0.1, 0.15) is 31.6 Å². The number of aromatic nitrogens is 2. The Hall–Kier alpha value is -1.40. The van der Waals surface area contributed by atoms with E-state index in [0.29, 0.717) is 5.56 Å². The van der Waals surface area contributed by atoms with Crippen molar-refractivity contribution in [2.24, 2.45) is 0 Å². The van der Waals surface area contributed by atoms with E-state index < -0.39 is 18.2 Å². The Bertz CT molecular complexity index is 361. The molecule has 0 aromatic carbocycles. The van der Waals surface area contributed by atoms with Crippen LogP contribution in [0.3, 0.4) is 0 Å². The second-order valence-corrected chi connectivity index (χ2v) is 3.76. The van der Waals surface area contributed by atoms with Gasteiger partial charge in [-0.3, -0.25) is 4.68 Å². The number of hydrogen-bond donors (Lipinski definition) is 2. The quantitative estimate of drug-likeness (QED) is 0.710. The summed E-state index contributed by atoms with van der Waals surface area (Å²) in [4.78, 5) is 11.0. The van der Waals surface area contributed by atoms with Crippen molar-refractivity contribution in [2.75, 3.05) is 7.11 Å². The Kier molecular flexibility index (Phi) is 4.03. The van der Waals surface area contributed by atoms with Gasteiger partial charge in [0.2, 0.25) is 0 Å². The Morgan fingerprint density at radius 2 is 2.12 bits per heavy atom. The maximum Gasteiger partial charge on any atom is 0.337 e. The van der Waals surface area contributed by atoms with E-state index in [1.807, 2.05) is 13.8 Å². The first-order valence-electron chi connectivity index (χ1n) is 4.95. The second-order valence-electron chi connectivity index (χ2n) is 3.76. The molecule has 0 saturated heterocycles. The number of rotatable bonds is 4. The lowest BCUT2D eigenvalue weighted by Crippen LogP contribution is -2.28. The highest BCUT2D eigenvalue weighted by atomic mass is 16.5. The molecule has 16 heavy (non-hydrogen) atoms. The van der Waals surface area contributed by atoms with Crippen LogP contribution in [-0.2, 0) is 9.53 Å². The number of aliphatic hydroxyl groups excluding tert-OH is 2. The van der Waals surface area contributed by atoms with Gasteiger partial charge in [0.1, 0.15) is 6.10 Å². The molecule has 1 heterocycles. The van der Waals surface area contributed by atoms with Gasteiger partial charge < -0.3 is 14.9 Å². The normalized spacial score (nSPS) is 14.9. The molecule has 2 unspecified atom stereocenters. The third-order valence-corrected chi connectivity index (χ3v) is 2.23. The minimum atomic E-state index is -1.59. The molecule has 2 atom stereocenters. The number of hydrogen-bond acceptors (Lipinski definition) is 5. The van der Waals surface area contributed by atoms with E-state index in [0.717, 1.165) is 7.11 Å². The van der Waals surface area contributed by atoms with Crippen LogP contribution in [0.2, 0.25) is 0 Å². The first-order chi connectivity index (χ1) is 7.47. The molecule has 0 aliphatic carbocycles. The molecule has 90 valence electrons. The van der Waals surface area contributed by atoms with Crippen molar-refractivity contribution >= 4 is 5.97 Å². The summed E-state index contributed by atoms with van der Waals surface area (Å²) in [6.45, 7) is 3.86. The molecule has 0 amide bonds. The van der Waals surface area contributed by atoms with Crippen molar-refractivity contribution in [1.29, 1.82) is 0 Å². The molecular weight excluding hydrogens is 212 g/mol. The van der Waals surface area contributed by atoms with Crippen molar-refractivity contribution in [1.82, 2.24) is 9.78 Å². The van der Waals surface area contributed by atoms with Crippen LogP contribution in [0, 0.1) is 0 Å².